The Morgan fingerprint density at radius 1 is 1.57 bits per heavy atom. The summed E-state index contributed by atoms with van der Waals surface area (Å²) in [4.78, 5) is 15.4. The summed E-state index contributed by atoms with van der Waals surface area (Å²) < 4.78 is 0.875. The first-order valence-electron chi connectivity index (χ1n) is 3.67. The van der Waals surface area contributed by atoms with E-state index < -0.39 is 0 Å². The SMILES string of the molecule is O=C(Nc1ncc(Br)s1)c1cn[nH]c1. The molecule has 2 aromatic heterocycles. The molecule has 2 aromatic rings. The second-order valence-corrected chi connectivity index (χ2v) is 4.82. The molecule has 0 saturated heterocycles. The van der Waals surface area contributed by atoms with Crippen LogP contribution < -0.4 is 5.32 Å². The van der Waals surface area contributed by atoms with Crippen LogP contribution in [0.25, 0.3) is 0 Å². The summed E-state index contributed by atoms with van der Waals surface area (Å²) in [6, 6.07) is 0. The number of nitrogens with one attached hydrogen (secondary N) is 2. The number of amides is 1. The van der Waals surface area contributed by atoms with Gasteiger partial charge >= 0.3 is 0 Å². The summed E-state index contributed by atoms with van der Waals surface area (Å²) in [5.41, 5.74) is 0.483. The molecule has 0 aliphatic carbocycles. The number of carbonyl (C=O) groups excluding carboxylic acids is 1. The summed E-state index contributed by atoms with van der Waals surface area (Å²) in [5.74, 6) is -0.222. The molecule has 2 rings (SSSR count). The van der Waals surface area contributed by atoms with Gasteiger partial charge in [-0.15, -0.1) is 0 Å². The molecule has 0 atom stereocenters. The molecule has 0 aliphatic heterocycles. The number of aromatic amines is 1. The van der Waals surface area contributed by atoms with Crippen molar-refractivity contribution in [3.8, 4) is 0 Å². The Morgan fingerprint density at radius 3 is 3.00 bits per heavy atom. The van der Waals surface area contributed by atoms with Gasteiger partial charge in [0.2, 0.25) is 0 Å². The van der Waals surface area contributed by atoms with E-state index >= 15 is 0 Å². The molecule has 0 fully saturated rings. The highest BCUT2D eigenvalue weighted by molar-refractivity contribution is 9.11. The third kappa shape index (κ3) is 1.99. The molecule has 1 amide bonds. The number of anilines is 1. The van der Waals surface area contributed by atoms with Crippen molar-refractivity contribution in [1.29, 1.82) is 0 Å². The van der Waals surface area contributed by atoms with Gasteiger partial charge in [0.05, 0.1) is 21.7 Å². The highest BCUT2D eigenvalue weighted by Gasteiger charge is 2.08. The highest BCUT2D eigenvalue weighted by Crippen LogP contribution is 2.23. The minimum Gasteiger partial charge on any atom is -0.298 e. The van der Waals surface area contributed by atoms with Crippen LogP contribution in [0.5, 0.6) is 0 Å². The number of carbonyl (C=O) groups is 1. The maximum absolute atomic E-state index is 11.5. The molecule has 0 aliphatic rings. The number of nitrogens with zero attached hydrogens (tertiary/aromatic N) is 2. The Balaban J connectivity index is 2.09. The molecular formula is C7H5BrN4OS. The lowest BCUT2D eigenvalue weighted by molar-refractivity contribution is 0.102. The lowest BCUT2D eigenvalue weighted by Crippen LogP contribution is -2.10. The van der Waals surface area contributed by atoms with E-state index in [1.54, 1.807) is 6.20 Å². The maximum atomic E-state index is 11.5. The van der Waals surface area contributed by atoms with Gasteiger partial charge in [0.1, 0.15) is 0 Å². The zero-order valence-electron chi connectivity index (χ0n) is 6.82. The van der Waals surface area contributed by atoms with Crippen molar-refractivity contribution in [3.63, 3.8) is 0 Å². The van der Waals surface area contributed by atoms with Crippen molar-refractivity contribution in [2.24, 2.45) is 0 Å². The first-order chi connectivity index (χ1) is 6.75. The number of thiazole rings is 1. The van der Waals surface area contributed by atoms with Crippen LogP contribution in [0, 0.1) is 0 Å². The fourth-order valence-corrected chi connectivity index (χ4v) is 1.96. The normalized spacial score (nSPS) is 10.1. The number of hydrogen-bond donors (Lipinski definition) is 2. The summed E-state index contributed by atoms with van der Waals surface area (Å²) >= 11 is 4.61. The topological polar surface area (TPSA) is 70.7 Å². The van der Waals surface area contributed by atoms with E-state index in [0.717, 1.165) is 3.79 Å². The summed E-state index contributed by atoms with van der Waals surface area (Å²) in [6.07, 6.45) is 4.62. The number of halogens is 1. The van der Waals surface area contributed by atoms with Crippen molar-refractivity contribution < 1.29 is 4.79 Å². The predicted molar refractivity (Wildman–Crippen MR) is 56.4 cm³/mol. The van der Waals surface area contributed by atoms with E-state index in [9.17, 15) is 4.79 Å². The first kappa shape index (κ1) is 9.35. The number of hydrogen-bond acceptors (Lipinski definition) is 4. The Labute approximate surface area is 91.7 Å². The molecule has 0 bridgehead atoms. The van der Waals surface area contributed by atoms with Crippen LogP contribution in [-0.4, -0.2) is 21.1 Å². The smallest absolute Gasteiger partial charge is 0.260 e. The molecule has 72 valence electrons. The van der Waals surface area contributed by atoms with Crippen LogP contribution in [0.3, 0.4) is 0 Å². The quantitative estimate of drug-likeness (QED) is 0.877. The van der Waals surface area contributed by atoms with Crippen LogP contribution in [0.4, 0.5) is 5.13 Å². The zero-order chi connectivity index (χ0) is 9.97. The van der Waals surface area contributed by atoms with Crippen molar-refractivity contribution in [1.82, 2.24) is 15.2 Å². The summed E-state index contributed by atoms with van der Waals surface area (Å²) in [5, 5.41) is 9.44. The van der Waals surface area contributed by atoms with E-state index in [-0.39, 0.29) is 5.91 Å². The van der Waals surface area contributed by atoms with Crippen molar-refractivity contribution in [2.75, 3.05) is 5.32 Å². The van der Waals surface area contributed by atoms with Crippen LogP contribution in [0.15, 0.2) is 22.4 Å². The highest BCUT2D eigenvalue weighted by atomic mass is 79.9. The Hall–Kier alpha value is -1.21. The molecular weight excluding hydrogens is 268 g/mol. The van der Waals surface area contributed by atoms with E-state index in [2.05, 4.69) is 36.4 Å². The van der Waals surface area contributed by atoms with Gasteiger partial charge in [0.15, 0.2) is 5.13 Å². The van der Waals surface area contributed by atoms with Crippen LogP contribution >= 0.6 is 27.3 Å². The Bertz CT molecular complexity index is 438. The molecule has 7 heteroatoms. The second-order valence-electron chi connectivity index (χ2n) is 2.41. The van der Waals surface area contributed by atoms with Crippen LogP contribution in [-0.2, 0) is 0 Å². The number of H-pyrrole nitrogens is 1. The van der Waals surface area contributed by atoms with E-state index in [0.29, 0.717) is 10.7 Å². The predicted octanol–water partition coefficient (Wildman–Crippen LogP) is 1.88. The van der Waals surface area contributed by atoms with Gasteiger partial charge in [0.25, 0.3) is 5.91 Å². The monoisotopic (exact) mass is 272 g/mol. The van der Waals surface area contributed by atoms with Crippen molar-refractivity contribution >= 4 is 38.3 Å². The van der Waals surface area contributed by atoms with Gasteiger partial charge in [0, 0.05) is 6.20 Å². The van der Waals surface area contributed by atoms with Gasteiger partial charge < -0.3 is 0 Å². The average Bonchev–Trinajstić information content (AvgIpc) is 2.75. The van der Waals surface area contributed by atoms with Crippen molar-refractivity contribution in [2.45, 2.75) is 0 Å². The number of rotatable bonds is 2. The average molecular weight is 273 g/mol. The van der Waals surface area contributed by atoms with E-state index in [4.69, 9.17) is 0 Å². The molecule has 2 N–H and O–H groups in total. The third-order valence-electron chi connectivity index (χ3n) is 1.46. The van der Waals surface area contributed by atoms with Crippen molar-refractivity contribution in [3.05, 3.63) is 27.9 Å². The lowest BCUT2D eigenvalue weighted by atomic mass is 10.3. The molecule has 0 saturated carbocycles. The molecule has 0 unspecified atom stereocenters. The zero-order valence-corrected chi connectivity index (χ0v) is 9.22. The van der Waals surface area contributed by atoms with Gasteiger partial charge in [-0.25, -0.2) is 4.98 Å². The van der Waals surface area contributed by atoms with Gasteiger partial charge in [-0.05, 0) is 15.9 Å². The number of aromatic nitrogens is 3. The minimum absolute atomic E-state index is 0.222. The Kier molecular flexibility index (Phi) is 2.60. The summed E-state index contributed by atoms with van der Waals surface area (Å²) in [7, 11) is 0. The maximum Gasteiger partial charge on any atom is 0.260 e. The van der Waals surface area contributed by atoms with Crippen LogP contribution in [0.1, 0.15) is 10.4 Å². The Morgan fingerprint density at radius 2 is 2.43 bits per heavy atom. The largest absolute Gasteiger partial charge is 0.298 e. The lowest BCUT2D eigenvalue weighted by Gasteiger charge is -1.96. The molecule has 0 aromatic carbocycles. The third-order valence-corrected chi connectivity index (χ3v) is 2.85. The first-order valence-corrected chi connectivity index (χ1v) is 5.28. The second kappa shape index (κ2) is 3.89. The minimum atomic E-state index is -0.222. The molecule has 14 heavy (non-hydrogen) atoms. The molecule has 2 heterocycles. The fraction of sp³-hybridized carbons (Fsp3) is 0. The van der Waals surface area contributed by atoms with Gasteiger partial charge in [-0.1, -0.05) is 11.3 Å². The molecule has 5 nitrogen and oxygen atoms in total. The summed E-state index contributed by atoms with van der Waals surface area (Å²) in [6.45, 7) is 0. The standard InChI is InChI=1S/C7H5BrN4OS/c8-5-3-9-7(14-5)12-6(13)4-1-10-11-2-4/h1-3H,(H,10,11)(H,9,12,13). The van der Waals surface area contributed by atoms with Gasteiger partial charge in [-0.2, -0.15) is 5.10 Å². The van der Waals surface area contributed by atoms with Crippen LogP contribution in [0.2, 0.25) is 0 Å². The molecule has 0 spiro atoms. The van der Waals surface area contributed by atoms with E-state index in [1.807, 2.05) is 0 Å². The van der Waals surface area contributed by atoms with Gasteiger partial charge in [-0.3, -0.25) is 15.2 Å². The fourth-order valence-electron chi connectivity index (χ4n) is 0.857. The van der Waals surface area contributed by atoms with E-state index in [1.165, 1.54) is 23.7 Å². The molecule has 0 radical (unpaired) electrons.